The molecule has 1 fully saturated rings. The Bertz CT molecular complexity index is 543. The predicted molar refractivity (Wildman–Crippen MR) is 75.9 cm³/mol. The molecule has 1 aromatic heterocycles. The second-order valence-electron chi connectivity index (χ2n) is 5.23. The third-order valence-corrected chi connectivity index (χ3v) is 3.84. The van der Waals surface area contributed by atoms with Gasteiger partial charge in [-0.15, -0.1) is 0 Å². The largest absolute Gasteiger partial charge is 0.378 e. The number of para-hydroxylation sites is 1. The fourth-order valence-corrected chi connectivity index (χ4v) is 2.76. The summed E-state index contributed by atoms with van der Waals surface area (Å²) in [4.78, 5) is 8.06. The number of aryl methyl sites for hydroxylation is 1. The Morgan fingerprint density at radius 1 is 1.37 bits per heavy atom. The Morgan fingerprint density at radius 2 is 2.32 bits per heavy atom. The second-order valence-corrected chi connectivity index (χ2v) is 5.23. The lowest BCUT2D eigenvalue weighted by atomic mass is 10.0. The highest BCUT2D eigenvalue weighted by Crippen LogP contribution is 2.20. The average Bonchev–Trinajstić information content (AvgIpc) is 2.89. The van der Waals surface area contributed by atoms with Crippen molar-refractivity contribution in [3.05, 3.63) is 29.6 Å². The van der Waals surface area contributed by atoms with Crippen molar-refractivity contribution in [3.8, 4) is 0 Å². The SMILES string of the molecule is NCc1cccc2[nH]c(CCC3CCCCO3)nc12. The van der Waals surface area contributed by atoms with Crippen molar-refractivity contribution >= 4 is 11.0 Å². The summed E-state index contributed by atoms with van der Waals surface area (Å²) in [6, 6.07) is 6.12. The summed E-state index contributed by atoms with van der Waals surface area (Å²) in [7, 11) is 0. The lowest BCUT2D eigenvalue weighted by Gasteiger charge is -2.21. The van der Waals surface area contributed by atoms with Crippen LogP contribution < -0.4 is 5.73 Å². The van der Waals surface area contributed by atoms with Crippen molar-refractivity contribution in [2.24, 2.45) is 5.73 Å². The summed E-state index contributed by atoms with van der Waals surface area (Å²) >= 11 is 0. The van der Waals surface area contributed by atoms with Gasteiger partial charge in [-0.3, -0.25) is 0 Å². The molecule has 19 heavy (non-hydrogen) atoms. The zero-order valence-electron chi connectivity index (χ0n) is 11.2. The molecule has 1 saturated heterocycles. The van der Waals surface area contributed by atoms with E-state index in [0.717, 1.165) is 41.9 Å². The van der Waals surface area contributed by atoms with E-state index in [4.69, 9.17) is 10.5 Å². The lowest BCUT2D eigenvalue weighted by Crippen LogP contribution is -2.19. The van der Waals surface area contributed by atoms with Crippen molar-refractivity contribution in [2.45, 2.75) is 44.8 Å². The maximum atomic E-state index is 5.76. The number of ether oxygens (including phenoxy) is 1. The van der Waals surface area contributed by atoms with E-state index in [2.05, 4.69) is 16.0 Å². The molecule has 102 valence electrons. The lowest BCUT2D eigenvalue weighted by molar-refractivity contribution is 0.0112. The maximum absolute atomic E-state index is 5.76. The van der Waals surface area contributed by atoms with Gasteiger partial charge in [0, 0.05) is 19.6 Å². The van der Waals surface area contributed by atoms with Gasteiger partial charge in [0.2, 0.25) is 0 Å². The molecule has 3 N–H and O–H groups in total. The summed E-state index contributed by atoms with van der Waals surface area (Å²) in [6.07, 6.45) is 6.11. The monoisotopic (exact) mass is 259 g/mol. The minimum Gasteiger partial charge on any atom is -0.378 e. The molecular formula is C15H21N3O. The topological polar surface area (TPSA) is 63.9 Å². The number of nitrogens with one attached hydrogen (secondary N) is 1. The number of nitrogens with two attached hydrogens (primary N) is 1. The van der Waals surface area contributed by atoms with Gasteiger partial charge < -0.3 is 15.5 Å². The highest BCUT2D eigenvalue weighted by Gasteiger charge is 2.14. The number of imidazole rings is 1. The summed E-state index contributed by atoms with van der Waals surface area (Å²) in [5.74, 6) is 1.05. The van der Waals surface area contributed by atoms with Gasteiger partial charge in [0.25, 0.3) is 0 Å². The van der Waals surface area contributed by atoms with Crippen LogP contribution in [0, 0.1) is 0 Å². The van der Waals surface area contributed by atoms with E-state index in [1.54, 1.807) is 0 Å². The maximum Gasteiger partial charge on any atom is 0.107 e. The minimum absolute atomic E-state index is 0.413. The molecule has 1 atom stereocenters. The van der Waals surface area contributed by atoms with Gasteiger partial charge in [0.05, 0.1) is 17.1 Å². The molecule has 0 saturated carbocycles. The number of benzene rings is 1. The Morgan fingerprint density at radius 3 is 3.11 bits per heavy atom. The number of hydrogen-bond acceptors (Lipinski definition) is 3. The Labute approximate surface area is 113 Å². The molecule has 1 aromatic carbocycles. The van der Waals surface area contributed by atoms with Gasteiger partial charge in [-0.05, 0) is 37.3 Å². The fourth-order valence-electron chi connectivity index (χ4n) is 2.76. The minimum atomic E-state index is 0.413. The van der Waals surface area contributed by atoms with Crippen molar-refractivity contribution < 1.29 is 4.74 Å². The van der Waals surface area contributed by atoms with E-state index in [1.807, 2.05) is 12.1 Å². The van der Waals surface area contributed by atoms with Crippen LogP contribution in [0.25, 0.3) is 11.0 Å². The van der Waals surface area contributed by atoms with Crippen LogP contribution in [0.4, 0.5) is 0 Å². The van der Waals surface area contributed by atoms with Crippen LogP contribution in [0.3, 0.4) is 0 Å². The van der Waals surface area contributed by atoms with Gasteiger partial charge in [-0.1, -0.05) is 12.1 Å². The summed E-state index contributed by atoms with van der Waals surface area (Å²) < 4.78 is 5.76. The van der Waals surface area contributed by atoms with Crippen LogP contribution in [0.5, 0.6) is 0 Å². The zero-order chi connectivity index (χ0) is 13.1. The van der Waals surface area contributed by atoms with Crippen molar-refractivity contribution in [2.75, 3.05) is 6.61 Å². The molecule has 1 aliphatic heterocycles. The first-order chi connectivity index (χ1) is 9.36. The number of aromatic amines is 1. The van der Waals surface area contributed by atoms with Crippen LogP contribution in [0.2, 0.25) is 0 Å². The molecule has 0 bridgehead atoms. The van der Waals surface area contributed by atoms with Crippen molar-refractivity contribution in [3.63, 3.8) is 0 Å². The molecule has 0 aliphatic carbocycles. The first-order valence-electron chi connectivity index (χ1n) is 7.15. The fraction of sp³-hybridized carbons (Fsp3) is 0.533. The zero-order valence-corrected chi connectivity index (χ0v) is 11.2. The van der Waals surface area contributed by atoms with Crippen LogP contribution in [-0.2, 0) is 17.7 Å². The van der Waals surface area contributed by atoms with E-state index in [0.29, 0.717) is 12.6 Å². The summed E-state index contributed by atoms with van der Waals surface area (Å²) in [6.45, 7) is 1.45. The quantitative estimate of drug-likeness (QED) is 0.886. The number of fused-ring (bicyclic) bond motifs is 1. The highest BCUT2D eigenvalue weighted by molar-refractivity contribution is 5.78. The number of H-pyrrole nitrogens is 1. The molecule has 3 rings (SSSR count). The second kappa shape index (κ2) is 5.72. The summed E-state index contributed by atoms with van der Waals surface area (Å²) in [5, 5.41) is 0. The standard InChI is InChI=1S/C15H21N3O/c16-10-11-4-3-6-13-15(11)18-14(17-13)8-7-12-5-1-2-9-19-12/h3-4,6,12H,1-2,5,7-10,16H2,(H,17,18). The Hall–Kier alpha value is -1.39. The number of nitrogens with zero attached hydrogens (tertiary/aromatic N) is 1. The number of hydrogen-bond donors (Lipinski definition) is 2. The molecule has 4 nitrogen and oxygen atoms in total. The van der Waals surface area contributed by atoms with E-state index < -0.39 is 0 Å². The van der Waals surface area contributed by atoms with Crippen molar-refractivity contribution in [1.29, 1.82) is 0 Å². The predicted octanol–water partition coefficient (Wildman–Crippen LogP) is 2.52. The molecule has 2 aromatic rings. The van der Waals surface area contributed by atoms with Crippen LogP contribution >= 0.6 is 0 Å². The molecular weight excluding hydrogens is 238 g/mol. The highest BCUT2D eigenvalue weighted by atomic mass is 16.5. The number of rotatable bonds is 4. The average molecular weight is 259 g/mol. The smallest absolute Gasteiger partial charge is 0.107 e. The Balaban J connectivity index is 1.70. The molecule has 2 heterocycles. The third-order valence-electron chi connectivity index (χ3n) is 3.84. The van der Waals surface area contributed by atoms with E-state index in [1.165, 1.54) is 19.3 Å². The third kappa shape index (κ3) is 2.80. The Kier molecular flexibility index (Phi) is 3.80. The van der Waals surface area contributed by atoms with E-state index in [-0.39, 0.29) is 0 Å². The van der Waals surface area contributed by atoms with Crippen molar-refractivity contribution in [1.82, 2.24) is 9.97 Å². The van der Waals surface area contributed by atoms with Gasteiger partial charge in [0.1, 0.15) is 5.82 Å². The molecule has 0 radical (unpaired) electrons. The molecule has 1 unspecified atom stereocenters. The van der Waals surface area contributed by atoms with Crippen LogP contribution in [-0.4, -0.2) is 22.7 Å². The summed E-state index contributed by atoms with van der Waals surface area (Å²) in [5.41, 5.74) is 8.95. The normalized spacial score (nSPS) is 19.9. The molecule has 4 heteroatoms. The molecule has 0 spiro atoms. The first kappa shape index (κ1) is 12.6. The van der Waals surface area contributed by atoms with Crippen LogP contribution in [0.1, 0.15) is 37.1 Å². The van der Waals surface area contributed by atoms with Crippen LogP contribution in [0.15, 0.2) is 18.2 Å². The molecule has 1 aliphatic rings. The van der Waals surface area contributed by atoms with Gasteiger partial charge >= 0.3 is 0 Å². The van der Waals surface area contributed by atoms with Gasteiger partial charge in [-0.2, -0.15) is 0 Å². The van der Waals surface area contributed by atoms with Gasteiger partial charge in [-0.25, -0.2) is 4.98 Å². The van der Waals surface area contributed by atoms with E-state index >= 15 is 0 Å². The van der Waals surface area contributed by atoms with E-state index in [9.17, 15) is 0 Å². The van der Waals surface area contributed by atoms with Gasteiger partial charge in [0.15, 0.2) is 0 Å². The molecule has 0 amide bonds. The number of aromatic nitrogens is 2. The first-order valence-corrected chi connectivity index (χ1v) is 7.15.